The van der Waals surface area contributed by atoms with Gasteiger partial charge in [0.1, 0.15) is 22.9 Å². The molecule has 0 saturated carbocycles. The third-order valence-corrected chi connectivity index (χ3v) is 17.9. The van der Waals surface area contributed by atoms with Crippen LogP contribution in [0.5, 0.6) is 5.75 Å². The van der Waals surface area contributed by atoms with Crippen molar-refractivity contribution in [1.82, 2.24) is 36.5 Å². The second-order valence-corrected chi connectivity index (χ2v) is 24.3. The first kappa shape index (κ1) is 60.8. The normalized spacial score (nSPS) is 26.3. The number of nitrogens with two attached hydrogens (primary N) is 1. The van der Waals surface area contributed by atoms with Crippen molar-refractivity contribution in [3.05, 3.63) is 23.8 Å². The number of nitrogens with one attached hydrogen (secondary N) is 6. The number of nitrogens with zero attached hydrogens (tertiary/aromatic N) is 1. The highest BCUT2D eigenvalue weighted by molar-refractivity contribution is 8.76. The Balaban J connectivity index is 1.66. The minimum Gasteiger partial charge on any atom is -0.493 e. The van der Waals surface area contributed by atoms with Gasteiger partial charge < -0.3 is 62.3 Å². The topological polar surface area (TPSA) is 346 Å². The minimum absolute atomic E-state index is 0.0254. The summed E-state index contributed by atoms with van der Waals surface area (Å²) in [5, 5.41) is 44.9. The lowest BCUT2D eigenvalue weighted by Gasteiger charge is -2.32. The smallest absolute Gasteiger partial charge is 0.243 e. The van der Waals surface area contributed by atoms with Gasteiger partial charge in [-0.1, -0.05) is 69.0 Å². The number of carbonyl (C=O) groups is 9. The first-order chi connectivity index (χ1) is 35.6. The molecule has 7 amide bonds. The first-order valence-electron chi connectivity index (χ1n) is 25.6. The highest BCUT2D eigenvalue weighted by Crippen LogP contribution is 2.33. The van der Waals surface area contributed by atoms with E-state index in [0.717, 1.165) is 35.7 Å². The molecule has 1 fully saturated rings. The molecule has 11 N–H and O–H groups in total. The van der Waals surface area contributed by atoms with Gasteiger partial charge in [-0.25, -0.2) is 0 Å². The molecule has 3 aliphatic rings. The van der Waals surface area contributed by atoms with Gasteiger partial charge in [0.05, 0.1) is 78.6 Å². The molecule has 0 aliphatic carbocycles. The molecule has 4 heterocycles. The van der Waals surface area contributed by atoms with Crippen LogP contribution in [0.25, 0.3) is 10.9 Å². The molecule has 75 heavy (non-hydrogen) atoms. The number of carbonyl (C=O) groups excluding carboxylic acids is 9. The Labute approximate surface area is 446 Å². The highest BCUT2D eigenvalue weighted by atomic mass is 33.1. The standard InChI is InChI=1S/C50H74N8O14S3/c1-6-27(4)44-48(69)53-21-42(65)54-36-25-75(71)49-34(33-11-10-32(20-35(33)55-49)72-12-8-14-74-73-13-7-9-26(2)3)15-29(46(67)52-22-43(66)56-44)16-39(62)45(28(5)40(63)24-59)57-47(68)37-19-31(60)23-58(37)50(70)30(17-38(36)61)18-41(51)64/h10-11,20,26-31,36-37,40,44-45,55,59-60,63H,6-9,12-19,21-25H2,1-5H3,(H2,51,64)(H,52,67)(H,53,69)(H,54,65)(H,56,66)(H,57,68)/t27-,28-,29+,30-,31?,36?,37-,40-,44-,45-,75+/m0/s1. The van der Waals surface area contributed by atoms with E-state index in [9.17, 15) is 58.5 Å². The Kier molecular flexibility index (Phi) is 23.4. The quantitative estimate of drug-likeness (QED) is 0.0744. The fraction of sp³-hybridized carbons (Fsp3) is 0.660. The van der Waals surface area contributed by atoms with E-state index in [4.69, 9.17) is 10.5 Å². The zero-order valence-corrected chi connectivity index (χ0v) is 45.6. The van der Waals surface area contributed by atoms with Gasteiger partial charge in [0.15, 0.2) is 11.6 Å². The predicted octanol–water partition coefficient (Wildman–Crippen LogP) is 0.142. The summed E-state index contributed by atoms with van der Waals surface area (Å²) in [4.78, 5) is 130. The molecule has 0 spiro atoms. The number of hydrogen-bond acceptors (Lipinski definition) is 16. The predicted molar refractivity (Wildman–Crippen MR) is 282 cm³/mol. The number of Topliss-reactive ketones (excluding diaryl/α,β-unsaturated/α-hetero) is 2. The van der Waals surface area contributed by atoms with Gasteiger partial charge in [0.25, 0.3) is 0 Å². The molecule has 11 atom stereocenters. The molecular weight excluding hydrogens is 1030 g/mol. The highest BCUT2D eigenvalue weighted by Gasteiger charge is 2.45. The number of ketones is 2. The number of aliphatic hydroxyl groups is 3. The van der Waals surface area contributed by atoms with Gasteiger partial charge in [0, 0.05) is 67.0 Å². The van der Waals surface area contributed by atoms with Crippen LogP contribution < -0.4 is 37.1 Å². The zero-order valence-electron chi connectivity index (χ0n) is 43.2. The van der Waals surface area contributed by atoms with Crippen molar-refractivity contribution in [2.75, 3.05) is 50.1 Å². The second kappa shape index (κ2) is 28.9. The summed E-state index contributed by atoms with van der Waals surface area (Å²) in [7, 11) is 1.29. The van der Waals surface area contributed by atoms with E-state index in [1.807, 2.05) is 10.8 Å². The number of benzene rings is 1. The van der Waals surface area contributed by atoms with Crippen LogP contribution in [-0.4, -0.2) is 169 Å². The fourth-order valence-corrected chi connectivity index (χ4v) is 12.9. The average molecular weight is 1110 g/mol. The van der Waals surface area contributed by atoms with E-state index in [0.29, 0.717) is 35.6 Å². The van der Waals surface area contributed by atoms with Crippen LogP contribution in [-0.2, 0) is 60.4 Å². The molecule has 2 aromatic rings. The first-order valence-corrected chi connectivity index (χ1v) is 29.4. The van der Waals surface area contributed by atoms with Gasteiger partial charge >= 0.3 is 0 Å². The van der Waals surface area contributed by atoms with Crippen LogP contribution in [0, 0.1) is 29.6 Å². The molecule has 5 rings (SSSR count). The fourth-order valence-electron chi connectivity index (χ4n) is 9.32. The summed E-state index contributed by atoms with van der Waals surface area (Å²) in [5.41, 5.74) is 6.22. The van der Waals surface area contributed by atoms with Gasteiger partial charge in [-0.3, -0.25) is 47.4 Å². The second-order valence-electron chi connectivity index (χ2n) is 20.1. The van der Waals surface area contributed by atoms with Crippen LogP contribution in [0.1, 0.15) is 91.5 Å². The number of amides is 7. The molecule has 1 saturated heterocycles. The number of H-pyrrole nitrogens is 1. The van der Waals surface area contributed by atoms with Crippen LogP contribution in [0.15, 0.2) is 23.2 Å². The van der Waals surface area contributed by atoms with Crippen molar-refractivity contribution in [2.45, 2.75) is 134 Å². The van der Waals surface area contributed by atoms with Gasteiger partial charge in [-0.15, -0.1) is 0 Å². The van der Waals surface area contributed by atoms with Crippen LogP contribution in [0.4, 0.5) is 0 Å². The van der Waals surface area contributed by atoms with Crippen molar-refractivity contribution in [3.8, 4) is 5.75 Å². The lowest BCUT2D eigenvalue weighted by Crippen LogP contribution is -2.56. The maximum Gasteiger partial charge on any atom is 0.243 e. The SMILES string of the molecule is CC[C@H](C)[C@@H]1NC(=O)CNC(=O)[C@H]2CC(=O)[C@H]([C@@H](C)[C@@H](O)CO)NC(=O)[C@@H]3CC(O)CN3C(=O)[C@H](CC(N)=O)CC(=O)C(C[S@@](=O)c3[nH]c4cc(OCCCSSCCCC(C)C)ccc4c3C2)NC(=O)CNC1=O. The van der Waals surface area contributed by atoms with Crippen molar-refractivity contribution in [3.63, 3.8) is 0 Å². The Morgan fingerprint density at radius 2 is 1.56 bits per heavy atom. The largest absolute Gasteiger partial charge is 0.493 e. The number of hydrogen-bond donors (Lipinski definition) is 10. The number of fused-ring (bicyclic) bond motifs is 5. The molecule has 416 valence electrons. The van der Waals surface area contributed by atoms with Crippen molar-refractivity contribution in [1.29, 1.82) is 0 Å². The molecule has 2 bridgehead atoms. The molecule has 25 heteroatoms. The monoisotopic (exact) mass is 1110 g/mol. The minimum atomic E-state index is -2.29. The molecule has 1 aromatic heterocycles. The van der Waals surface area contributed by atoms with E-state index >= 15 is 4.21 Å². The summed E-state index contributed by atoms with van der Waals surface area (Å²) in [5.74, 6) is -10.4. The van der Waals surface area contributed by atoms with E-state index in [-0.39, 0.29) is 23.4 Å². The summed E-state index contributed by atoms with van der Waals surface area (Å²) in [6.45, 7) is 6.89. The molecule has 2 unspecified atom stereocenters. The van der Waals surface area contributed by atoms with Crippen LogP contribution in [0.2, 0.25) is 0 Å². The summed E-state index contributed by atoms with van der Waals surface area (Å²) >= 11 is 0. The number of rotatable bonds is 17. The summed E-state index contributed by atoms with van der Waals surface area (Å²) < 4.78 is 21.1. The maximum absolute atomic E-state index is 15.0. The van der Waals surface area contributed by atoms with E-state index in [1.54, 1.807) is 42.8 Å². The average Bonchev–Trinajstić information content (AvgIpc) is 3.94. The molecule has 0 radical (unpaired) electrons. The Bertz CT molecular complexity index is 2420. The number of aromatic nitrogens is 1. The zero-order chi connectivity index (χ0) is 55.1. The van der Waals surface area contributed by atoms with Crippen molar-refractivity contribution in [2.24, 2.45) is 35.3 Å². The Hall–Kier alpha value is -5.08. The van der Waals surface area contributed by atoms with Gasteiger partial charge in [-0.2, -0.15) is 0 Å². The van der Waals surface area contributed by atoms with Gasteiger partial charge in [0.2, 0.25) is 41.4 Å². The number of aliphatic hydroxyl groups excluding tert-OH is 3. The number of ether oxygens (including phenoxy) is 1. The number of aromatic amines is 1. The molecular formula is C50H74N8O14S3. The van der Waals surface area contributed by atoms with E-state index in [2.05, 4.69) is 45.4 Å². The Morgan fingerprint density at radius 1 is 0.880 bits per heavy atom. The summed E-state index contributed by atoms with van der Waals surface area (Å²) in [6, 6.07) is -1.00. The van der Waals surface area contributed by atoms with E-state index in [1.165, 1.54) is 6.92 Å². The maximum atomic E-state index is 15.0. The third kappa shape index (κ3) is 17.2. The van der Waals surface area contributed by atoms with Crippen LogP contribution in [0.3, 0.4) is 0 Å². The molecule has 22 nitrogen and oxygen atoms in total. The lowest BCUT2D eigenvalue weighted by molar-refractivity contribution is -0.145. The number of primary amides is 1. The summed E-state index contributed by atoms with van der Waals surface area (Å²) in [6.07, 6.45) is -2.39. The third-order valence-electron chi connectivity index (χ3n) is 13.8. The molecule has 3 aliphatic heterocycles. The van der Waals surface area contributed by atoms with Crippen molar-refractivity contribution < 1.29 is 67.4 Å². The lowest BCUT2D eigenvalue weighted by atomic mass is 9.85. The molecule has 1 aromatic carbocycles. The van der Waals surface area contributed by atoms with Crippen molar-refractivity contribution >= 4 is 96.2 Å². The van der Waals surface area contributed by atoms with E-state index < -0.39 is 175 Å². The Morgan fingerprint density at radius 3 is 2.23 bits per heavy atom. The van der Waals surface area contributed by atoms with Gasteiger partial charge in [-0.05, 0) is 48.8 Å². The van der Waals surface area contributed by atoms with Crippen LogP contribution >= 0.6 is 21.6 Å².